The van der Waals surface area contributed by atoms with Gasteiger partial charge in [0.15, 0.2) is 0 Å². The van der Waals surface area contributed by atoms with E-state index in [9.17, 15) is 29.0 Å². The Kier molecular flexibility index (Phi) is 7.21. The molecule has 31 heavy (non-hydrogen) atoms. The summed E-state index contributed by atoms with van der Waals surface area (Å²) >= 11 is 0. The van der Waals surface area contributed by atoms with Crippen molar-refractivity contribution >= 4 is 5.91 Å². The summed E-state index contributed by atoms with van der Waals surface area (Å²) < 4.78 is 20.0. The lowest BCUT2D eigenvalue weighted by atomic mass is 9.85. The second kappa shape index (κ2) is 9.86. The van der Waals surface area contributed by atoms with Gasteiger partial charge in [-0.3, -0.25) is 19.1 Å². The molecular weight excluding hydrogens is 411 g/mol. The molecule has 168 valence electrons. The van der Waals surface area contributed by atoms with E-state index < -0.39 is 47.3 Å². The van der Waals surface area contributed by atoms with Crippen molar-refractivity contribution in [2.75, 3.05) is 13.2 Å². The smallest absolute Gasteiger partial charge is 0.328 e. The minimum absolute atomic E-state index is 0.163. The summed E-state index contributed by atoms with van der Waals surface area (Å²) in [4.78, 5) is 37.6. The number of benzene rings is 1. The summed E-state index contributed by atoms with van der Waals surface area (Å²) in [5.41, 5.74) is 3.69. The van der Waals surface area contributed by atoms with Gasteiger partial charge in [-0.1, -0.05) is 6.07 Å². The Morgan fingerprint density at radius 2 is 2.06 bits per heavy atom. The van der Waals surface area contributed by atoms with E-state index in [0.717, 1.165) is 4.57 Å². The van der Waals surface area contributed by atoms with Crippen LogP contribution in [0.15, 0.2) is 40.1 Å². The highest BCUT2D eigenvalue weighted by Gasteiger charge is 2.39. The van der Waals surface area contributed by atoms with Gasteiger partial charge in [0.1, 0.15) is 18.0 Å². The first kappa shape index (κ1) is 22.7. The number of aliphatic hydroxyl groups excluding tert-OH is 2. The number of aliphatic hydroxyl groups is 2. The van der Waals surface area contributed by atoms with Crippen LogP contribution in [0.1, 0.15) is 35.7 Å². The minimum Gasteiger partial charge on any atom is -0.494 e. The van der Waals surface area contributed by atoms with Crippen LogP contribution in [-0.4, -0.2) is 57.1 Å². The molecule has 6 N–H and O–H groups in total. The standard InChI is InChI=1S/C20H25FN4O6/c21-13-10-25(20(30)24-19(13)29)15-6-5-14(16(26)17(15)27)23-18(28)11-3-1-4-12(9-11)31-8-2-7-22/h1,3-4,9-10,14-17,26-27H,2,5-8,22H2,(H,23,28)(H,24,29,30)/t14-,15-,16-,17-/m1/s1. The highest BCUT2D eigenvalue weighted by atomic mass is 19.1. The Labute approximate surface area is 176 Å². The average molecular weight is 436 g/mol. The van der Waals surface area contributed by atoms with Gasteiger partial charge in [-0.2, -0.15) is 4.39 Å². The van der Waals surface area contributed by atoms with Crippen LogP contribution < -0.4 is 27.0 Å². The maximum atomic E-state index is 13.6. The number of amides is 1. The highest BCUT2D eigenvalue weighted by molar-refractivity contribution is 5.94. The van der Waals surface area contributed by atoms with Crippen LogP contribution in [0.4, 0.5) is 4.39 Å². The van der Waals surface area contributed by atoms with E-state index in [1.54, 1.807) is 24.3 Å². The highest BCUT2D eigenvalue weighted by Crippen LogP contribution is 2.28. The number of nitrogens with zero attached hydrogens (tertiary/aromatic N) is 1. The average Bonchev–Trinajstić information content (AvgIpc) is 2.75. The first-order chi connectivity index (χ1) is 14.8. The summed E-state index contributed by atoms with van der Waals surface area (Å²) in [7, 11) is 0. The molecule has 4 atom stereocenters. The van der Waals surface area contributed by atoms with E-state index in [-0.39, 0.29) is 12.8 Å². The van der Waals surface area contributed by atoms with E-state index in [1.165, 1.54) is 0 Å². The number of nitrogens with two attached hydrogens (primary N) is 1. The minimum atomic E-state index is -1.46. The van der Waals surface area contributed by atoms with Gasteiger partial charge in [0.2, 0.25) is 5.82 Å². The van der Waals surface area contributed by atoms with Crippen molar-refractivity contribution in [3.63, 3.8) is 0 Å². The molecule has 3 rings (SSSR count). The van der Waals surface area contributed by atoms with Gasteiger partial charge < -0.3 is 26.0 Å². The number of rotatable bonds is 7. The lowest BCUT2D eigenvalue weighted by Crippen LogP contribution is -2.55. The fourth-order valence-electron chi connectivity index (χ4n) is 3.58. The molecule has 1 saturated carbocycles. The van der Waals surface area contributed by atoms with Gasteiger partial charge >= 0.3 is 5.69 Å². The van der Waals surface area contributed by atoms with Gasteiger partial charge in [0.05, 0.1) is 24.9 Å². The number of carbonyl (C=O) groups is 1. The summed E-state index contributed by atoms with van der Waals surface area (Å²) in [6.07, 6.45) is -1.12. The molecule has 1 heterocycles. The Hall–Kier alpha value is -3.02. The van der Waals surface area contributed by atoms with Crippen LogP contribution >= 0.6 is 0 Å². The third kappa shape index (κ3) is 5.19. The van der Waals surface area contributed by atoms with Gasteiger partial charge in [-0.05, 0) is 44.0 Å². The molecule has 0 unspecified atom stereocenters. The van der Waals surface area contributed by atoms with Crippen LogP contribution in [0.2, 0.25) is 0 Å². The van der Waals surface area contributed by atoms with Crippen molar-refractivity contribution in [3.05, 3.63) is 62.7 Å². The second-order valence-electron chi connectivity index (χ2n) is 7.37. The van der Waals surface area contributed by atoms with Gasteiger partial charge in [0.25, 0.3) is 11.5 Å². The second-order valence-corrected chi connectivity index (χ2v) is 7.37. The Bertz CT molecular complexity index is 1040. The molecule has 1 fully saturated rings. The summed E-state index contributed by atoms with van der Waals surface area (Å²) in [6, 6.07) is 4.76. The number of carbonyl (C=O) groups excluding carboxylic acids is 1. The van der Waals surface area contributed by atoms with Gasteiger partial charge in [-0.15, -0.1) is 0 Å². The predicted molar refractivity (Wildman–Crippen MR) is 108 cm³/mol. The Balaban J connectivity index is 1.68. The number of hydrogen-bond donors (Lipinski definition) is 5. The zero-order chi connectivity index (χ0) is 22.5. The number of H-pyrrole nitrogens is 1. The van der Waals surface area contributed by atoms with E-state index in [2.05, 4.69) is 5.32 Å². The van der Waals surface area contributed by atoms with Crippen LogP contribution in [0.3, 0.4) is 0 Å². The molecule has 1 aromatic heterocycles. The van der Waals surface area contributed by atoms with Crippen LogP contribution in [-0.2, 0) is 0 Å². The monoisotopic (exact) mass is 436 g/mol. The molecule has 0 saturated heterocycles. The van der Waals surface area contributed by atoms with Crippen molar-refractivity contribution in [3.8, 4) is 5.75 Å². The normalized spacial score (nSPS) is 23.4. The van der Waals surface area contributed by atoms with Crippen LogP contribution in [0, 0.1) is 5.82 Å². The number of halogens is 1. The molecule has 2 aromatic rings. The fraction of sp³-hybridized carbons (Fsp3) is 0.450. The van der Waals surface area contributed by atoms with Crippen molar-refractivity contribution < 1.29 is 24.1 Å². The van der Waals surface area contributed by atoms with Crippen molar-refractivity contribution in [1.82, 2.24) is 14.9 Å². The third-order valence-electron chi connectivity index (χ3n) is 5.24. The third-order valence-corrected chi connectivity index (χ3v) is 5.24. The summed E-state index contributed by atoms with van der Waals surface area (Å²) in [6.45, 7) is 0.905. The van der Waals surface area contributed by atoms with Crippen molar-refractivity contribution in [2.45, 2.75) is 43.6 Å². The van der Waals surface area contributed by atoms with Crippen molar-refractivity contribution in [1.29, 1.82) is 0 Å². The molecule has 1 aliphatic rings. The van der Waals surface area contributed by atoms with E-state index >= 15 is 0 Å². The number of hydrogen-bond acceptors (Lipinski definition) is 7. The SMILES string of the molecule is NCCCOc1cccc(C(=O)N[C@@H]2CC[C@@H](n3cc(F)c(=O)[nH]c3=O)[C@@H](O)[C@@H]2O)c1. The molecule has 0 spiro atoms. The number of aromatic amines is 1. The zero-order valence-electron chi connectivity index (χ0n) is 16.7. The van der Waals surface area contributed by atoms with Crippen molar-refractivity contribution in [2.24, 2.45) is 5.73 Å². The van der Waals surface area contributed by atoms with Crippen LogP contribution in [0.5, 0.6) is 5.75 Å². The van der Waals surface area contributed by atoms with Gasteiger partial charge in [0, 0.05) is 5.56 Å². The first-order valence-electron chi connectivity index (χ1n) is 9.92. The number of aromatic nitrogens is 2. The summed E-state index contributed by atoms with van der Waals surface area (Å²) in [5, 5.41) is 23.7. The maximum absolute atomic E-state index is 13.6. The Morgan fingerprint density at radius 1 is 1.29 bits per heavy atom. The van der Waals surface area contributed by atoms with E-state index in [0.29, 0.717) is 37.1 Å². The number of nitrogens with one attached hydrogen (secondary N) is 2. The predicted octanol–water partition coefficient (Wildman–Crippen LogP) is -0.741. The molecule has 0 bridgehead atoms. The quantitative estimate of drug-likeness (QED) is 0.357. The first-order valence-corrected chi connectivity index (χ1v) is 9.92. The molecular formula is C20H25FN4O6. The maximum Gasteiger partial charge on any atom is 0.328 e. The lowest BCUT2D eigenvalue weighted by Gasteiger charge is -2.38. The molecule has 11 heteroatoms. The summed E-state index contributed by atoms with van der Waals surface area (Å²) in [5.74, 6) is -1.14. The topological polar surface area (TPSA) is 160 Å². The number of ether oxygens (including phenoxy) is 1. The molecule has 1 aliphatic carbocycles. The van der Waals surface area contributed by atoms with Crippen LogP contribution in [0.25, 0.3) is 0 Å². The molecule has 0 radical (unpaired) electrons. The van der Waals surface area contributed by atoms with E-state index in [4.69, 9.17) is 10.5 Å². The Morgan fingerprint density at radius 3 is 2.81 bits per heavy atom. The molecule has 1 amide bonds. The molecule has 1 aromatic carbocycles. The fourth-order valence-corrected chi connectivity index (χ4v) is 3.58. The largest absolute Gasteiger partial charge is 0.494 e. The molecule has 0 aliphatic heterocycles. The van der Waals surface area contributed by atoms with E-state index in [1.807, 2.05) is 4.98 Å². The molecule has 10 nitrogen and oxygen atoms in total. The zero-order valence-corrected chi connectivity index (χ0v) is 16.7. The van der Waals surface area contributed by atoms with Gasteiger partial charge in [-0.25, -0.2) is 4.79 Å². The lowest BCUT2D eigenvalue weighted by molar-refractivity contribution is -0.0572.